The van der Waals surface area contributed by atoms with Crippen LogP contribution in [0.1, 0.15) is 36.8 Å². The van der Waals surface area contributed by atoms with Crippen molar-refractivity contribution in [3.8, 4) is 0 Å². The van der Waals surface area contributed by atoms with Crippen molar-refractivity contribution >= 4 is 5.78 Å². The minimum atomic E-state index is -4.31. The highest BCUT2D eigenvalue weighted by Gasteiger charge is 2.53. The van der Waals surface area contributed by atoms with Crippen LogP contribution in [-0.2, 0) is 17.4 Å². The van der Waals surface area contributed by atoms with E-state index in [0.29, 0.717) is 17.4 Å². The summed E-state index contributed by atoms with van der Waals surface area (Å²) in [6, 6.07) is 4.96. The van der Waals surface area contributed by atoms with Crippen molar-refractivity contribution in [2.24, 2.45) is 17.8 Å². The molecule has 1 aromatic rings. The average Bonchev–Trinajstić information content (AvgIpc) is 3.12. The minimum Gasteiger partial charge on any atom is -0.299 e. The summed E-state index contributed by atoms with van der Waals surface area (Å²) < 4.78 is 37.4. The molecule has 0 bridgehead atoms. The van der Waals surface area contributed by atoms with Gasteiger partial charge in [-0.05, 0) is 42.4 Å². The van der Waals surface area contributed by atoms with E-state index in [4.69, 9.17) is 0 Å². The lowest BCUT2D eigenvalue weighted by Gasteiger charge is -2.07. The Kier molecular flexibility index (Phi) is 3.35. The predicted molar refractivity (Wildman–Crippen MR) is 69.1 cm³/mol. The van der Waals surface area contributed by atoms with E-state index in [1.807, 2.05) is 0 Å². The van der Waals surface area contributed by atoms with Gasteiger partial charge < -0.3 is 0 Å². The van der Waals surface area contributed by atoms with Crippen LogP contribution in [-0.4, -0.2) is 5.78 Å². The van der Waals surface area contributed by atoms with Crippen LogP contribution in [0, 0.1) is 17.8 Å². The number of benzene rings is 1. The molecule has 2 fully saturated rings. The number of hydrogen-bond donors (Lipinski definition) is 0. The summed E-state index contributed by atoms with van der Waals surface area (Å²) in [5.41, 5.74) is 0.0282. The van der Waals surface area contributed by atoms with Gasteiger partial charge in [-0.3, -0.25) is 4.79 Å². The fourth-order valence-electron chi connectivity index (χ4n) is 3.60. The maximum atomic E-state index is 12.5. The molecule has 0 aromatic heterocycles. The van der Waals surface area contributed by atoms with Crippen molar-refractivity contribution in [2.45, 2.75) is 38.3 Å². The van der Waals surface area contributed by atoms with Crippen molar-refractivity contribution in [3.63, 3.8) is 0 Å². The van der Waals surface area contributed by atoms with E-state index in [2.05, 4.69) is 0 Å². The fourth-order valence-corrected chi connectivity index (χ4v) is 3.60. The molecule has 2 unspecified atom stereocenters. The Morgan fingerprint density at radius 1 is 1.05 bits per heavy atom. The summed E-state index contributed by atoms with van der Waals surface area (Å²) in [6.45, 7) is 0. The Labute approximate surface area is 116 Å². The molecule has 2 saturated carbocycles. The number of fused-ring (bicyclic) bond motifs is 1. The Morgan fingerprint density at radius 2 is 1.60 bits per heavy atom. The second-order valence-electron chi connectivity index (χ2n) is 5.98. The highest BCUT2D eigenvalue weighted by Crippen LogP contribution is 2.56. The van der Waals surface area contributed by atoms with Gasteiger partial charge in [0.15, 0.2) is 0 Å². The first-order chi connectivity index (χ1) is 9.47. The molecule has 0 aliphatic heterocycles. The molecule has 1 nitrogen and oxygen atoms in total. The maximum absolute atomic E-state index is 12.5. The lowest BCUT2D eigenvalue weighted by Crippen LogP contribution is -2.09. The smallest absolute Gasteiger partial charge is 0.299 e. The normalized spacial score (nSPS) is 28.9. The molecule has 2 aliphatic carbocycles. The zero-order chi connectivity index (χ0) is 14.3. The van der Waals surface area contributed by atoms with Crippen LogP contribution >= 0.6 is 0 Å². The second-order valence-corrected chi connectivity index (χ2v) is 5.98. The van der Waals surface area contributed by atoms with Crippen LogP contribution in [0.2, 0.25) is 0 Å². The standard InChI is InChI=1S/C16H17F3O/c17-16(18,19)11-7-5-10(6-8-11)9-14(20)15-12-3-1-2-4-13(12)15/h5-8,12-13,15H,1-4,9H2. The van der Waals surface area contributed by atoms with Crippen LogP contribution in [0.5, 0.6) is 0 Å². The minimum absolute atomic E-state index is 0.180. The maximum Gasteiger partial charge on any atom is 0.416 e. The molecular formula is C16H17F3O. The number of Topliss-reactive ketones (excluding diaryl/α,β-unsaturated/α-hetero) is 1. The molecule has 0 spiro atoms. The third-order valence-corrected chi connectivity index (χ3v) is 4.69. The Hall–Kier alpha value is -1.32. The van der Waals surface area contributed by atoms with Crippen molar-refractivity contribution < 1.29 is 18.0 Å². The SMILES string of the molecule is O=C(Cc1ccc(C(F)(F)F)cc1)C1C2CCCCC21. The molecule has 108 valence electrons. The third-order valence-electron chi connectivity index (χ3n) is 4.69. The van der Waals surface area contributed by atoms with Gasteiger partial charge in [-0.2, -0.15) is 13.2 Å². The van der Waals surface area contributed by atoms with Crippen LogP contribution < -0.4 is 0 Å². The monoisotopic (exact) mass is 282 g/mol. The quantitative estimate of drug-likeness (QED) is 0.810. The van der Waals surface area contributed by atoms with Gasteiger partial charge in [0.25, 0.3) is 0 Å². The topological polar surface area (TPSA) is 17.1 Å². The van der Waals surface area contributed by atoms with Gasteiger partial charge in [0.2, 0.25) is 0 Å². The average molecular weight is 282 g/mol. The number of carbonyl (C=O) groups excluding carboxylic acids is 1. The third kappa shape index (κ3) is 2.60. The van der Waals surface area contributed by atoms with Crippen molar-refractivity contribution in [1.82, 2.24) is 0 Å². The van der Waals surface area contributed by atoms with Crippen LogP contribution in [0.3, 0.4) is 0 Å². The van der Waals surface area contributed by atoms with Gasteiger partial charge in [0.05, 0.1) is 5.56 Å². The molecule has 0 N–H and O–H groups in total. The summed E-state index contributed by atoms with van der Waals surface area (Å²) in [7, 11) is 0. The first-order valence-electron chi connectivity index (χ1n) is 7.15. The van der Waals surface area contributed by atoms with Gasteiger partial charge in [0.1, 0.15) is 5.78 Å². The van der Waals surface area contributed by atoms with Crippen molar-refractivity contribution in [3.05, 3.63) is 35.4 Å². The highest BCUT2D eigenvalue weighted by molar-refractivity contribution is 5.86. The number of halogens is 3. The number of ketones is 1. The number of carbonyl (C=O) groups is 1. The number of alkyl halides is 3. The van der Waals surface area contributed by atoms with Crippen LogP contribution in [0.15, 0.2) is 24.3 Å². The number of rotatable bonds is 3. The van der Waals surface area contributed by atoms with E-state index in [1.165, 1.54) is 25.0 Å². The first kappa shape index (κ1) is 13.7. The molecule has 0 radical (unpaired) electrons. The zero-order valence-electron chi connectivity index (χ0n) is 11.1. The van der Waals surface area contributed by atoms with E-state index < -0.39 is 11.7 Å². The van der Waals surface area contributed by atoms with E-state index in [1.54, 1.807) is 0 Å². The summed E-state index contributed by atoms with van der Waals surface area (Å²) in [5, 5.41) is 0. The van der Waals surface area contributed by atoms with Crippen LogP contribution in [0.4, 0.5) is 13.2 Å². The van der Waals surface area contributed by atoms with Gasteiger partial charge in [-0.1, -0.05) is 25.0 Å². The van der Waals surface area contributed by atoms with Crippen LogP contribution in [0.25, 0.3) is 0 Å². The molecule has 1 aromatic carbocycles. The highest BCUT2D eigenvalue weighted by atomic mass is 19.4. The molecule has 2 atom stereocenters. The Bertz CT molecular complexity index is 491. The molecule has 2 aliphatic rings. The molecule has 0 heterocycles. The molecule has 0 amide bonds. The van der Waals surface area contributed by atoms with E-state index in [9.17, 15) is 18.0 Å². The molecule has 20 heavy (non-hydrogen) atoms. The largest absolute Gasteiger partial charge is 0.416 e. The fraction of sp³-hybridized carbons (Fsp3) is 0.562. The lowest BCUT2D eigenvalue weighted by molar-refractivity contribution is -0.137. The lowest BCUT2D eigenvalue weighted by atomic mass is 10.0. The molecule has 3 rings (SSSR count). The summed E-state index contributed by atoms with van der Waals surface area (Å²) in [6.07, 6.45) is 0.683. The van der Waals surface area contributed by atoms with Gasteiger partial charge >= 0.3 is 6.18 Å². The molecular weight excluding hydrogens is 265 g/mol. The van der Waals surface area contributed by atoms with Gasteiger partial charge in [0, 0.05) is 12.3 Å². The van der Waals surface area contributed by atoms with E-state index in [-0.39, 0.29) is 18.1 Å². The van der Waals surface area contributed by atoms with Gasteiger partial charge in [-0.25, -0.2) is 0 Å². The Balaban J connectivity index is 1.62. The summed E-state index contributed by atoms with van der Waals surface area (Å²) >= 11 is 0. The zero-order valence-corrected chi connectivity index (χ0v) is 11.1. The van der Waals surface area contributed by atoms with Crippen molar-refractivity contribution in [2.75, 3.05) is 0 Å². The molecule has 4 heteroatoms. The van der Waals surface area contributed by atoms with E-state index >= 15 is 0 Å². The van der Waals surface area contributed by atoms with Crippen molar-refractivity contribution in [1.29, 1.82) is 0 Å². The Morgan fingerprint density at radius 3 is 2.10 bits per heavy atom. The summed E-state index contributed by atoms with van der Waals surface area (Å²) in [5.74, 6) is 1.51. The first-order valence-corrected chi connectivity index (χ1v) is 7.15. The summed E-state index contributed by atoms with van der Waals surface area (Å²) in [4.78, 5) is 12.2. The van der Waals surface area contributed by atoms with E-state index in [0.717, 1.165) is 25.0 Å². The molecule has 0 saturated heterocycles. The van der Waals surface area contributed by atoms with Gasteiger partial charge in [-0.15, -0.1) is 0 Å². The second kappa shape index (κ2) is 4.90. The predicted octanol–water partition coefficient (Wildman–Crippen LogP) is 4.25. The number of hydrogen-bond acceptors (Lipinski definition) is 1.